The molecule has 22 heavy (non-hydrogen) atoms. The van der Waals surface area contributed by atoms with Crippen molar-refractivity contribution in [1.82, 2.24) is 4.57 Å². The highest BCUT2D eigenvalue weighted by Crippen LogP contribution is 2.30. The van der Waals surface area contributed by atoms with E-state index in [0.29, 0.717) is 10.9 Å². The molecule has 1 fully saturated rings. The van der Waals surface area contributed by atoms with Crippen molar-refractivity contribution in [3.63, 3.8) is 0 Å². The van der Waals surface area contributed by atoms with Crippen molar-refractivity contribution < 1.29 is 9.90 Å². The Kier molecular flexibility index (Phi) is 4.53. The molecule has 1 heterocycles. The molecule has 1 aromatic heterocycles. The number of nitrogens with zero attached hydrogens (tertiary/aromatic N) is 1. The number of rotatable bonds is 4. The quantitative estimate of drug-likeness (QED) is 0.809. The van der Waals surface area contributed by atoms with Crippen LogP contribution in [0.5, 0.6) is 0 Å². The van der Waals surface area contributed by atoms with E-state index in [9.17, 15) is 4.79 Å². The SMILES string of the molecule is O=C(O)/C=C/c1cc2cc(Cl)ccc2n1CC1CCCCC1. The maximum absolute atomic E-state index is 10.8. The maximum atomic E-state index is 10.8. The van der Waals surface area contributed by atoms with Crippen molar-refractivity contribution in [1.29, 1.82) is 0 Å². The van der Waals surface area contributed by atoms with Crippen LogP contribution in [0.4, 0.5) is 0 Å². The van der Waals surface area contributed by atoms with Crippen LogP contribution in [0.1, 0.15) is 37.8 Å². The predicted octanol–water partition coefficient (Wildman–Crippen LogP) is 4.97. The van der Waals surface area contributed by atoms with Crippen LogP contribution < -0.4 is 0 Å². The molecule has 2 aromatic rings. The predicted molar refractivity (Wildman–Crippen MR) is 90.2 cm³/mol. The molecule has 1 aromatic carbocycles. The average molecular weight is 318 g/mol. The van der Waals surface area contributed by atoms with Gasteiger partial charge in [0.15, 0.2) is 0 Å². The van der Waals surface area contributed by atoms with Crippen LogP contribution in [0, 0.1) is 5.92 Å². The lowest BCUT2D eigenvalue weighted by atomic mass is 9.89. The summed E-state index contributed by atoms with van der Waals surface area (Å²) in [6.45, 7) is 0.949. The summed E-state index contributed by atoms with van der Waals surface area (Å²) in [6.07, 6.45) is 9.34. The van der Waals surface area contributed by atoms with Gasteiger partial charge < -0.3 is 9.67 Å². The Labute approximate surface area is 135 Å². The third-order valence-electron chi connectivity index (χ3n) is 4.46. The van der Waals surface area contributed by atoms with Crippen LogP contribution in [0.15, 0.2) is 30.3 Å². The van der Waals surface area contributed by atoms with Crippen LogP contribution in [0.25, 0.3) is 17.0 Å². The first-order valence-electron chi connectivity index (χ1n) is 7.83. The largest absolute Gasteiger partial charge is 0.478 e. The van der Waals surface area contributed by atoms with Gasteiger partial charge in [0.1, 0.15) is 0 Å². The van der Waals surface area contributed by atoms with Crippen LogP contribution in [0.3, 0.4) is 0 Å². The van der Waals surface area contributed by atoms with Crippen molar-refractivity contribution in [2.24, 2.45) is 5.92 Å². The van der Waals surface area contributed by atoms with Gasteiger partial charge in [-0.3, -0.25) is 0 Å². The molecule has 0 amide bonds. The fraction of sp³-hybridized carbons (Fsp3) is 0.389. The Morgan fingerprint density at radius 1 is 1.27 bits per heavy atom. The van der Waals surface area contributed by atoms with Gasteiger partial charge in [0.2, 0.25) is 0 Å². The van der Waals surface area contributed by atoms with E-state index in [1.165, 1.54) is 38.2 Å². The van der Waals surface area contributed by atoms with E-state index in [1.54, 1.807) is 6.08 Å². The molecule has 1 aliphatic carbocycles. The lowest BCUT2D eigenvalue weighted by molar-refractivity contribution is -0.131. The third-order valence-corrected chi connectivity index (χ3v) is 4.69. The van der Waals surface area contributed by atoms with Gasteiger partial charge in [0.25, 0.3) is 0 Å². The highest BCUT2D eigenvalue weighted by molar-refractivity contribution is 6.31. The summed E-state index contributed by atoms with van der Waals surface area (Å²) in [5, 5.41) is 10.7. The van der Waals surface area contributed by atoms with E-state index < -0.39 is 5.97 Å². The van der Waals surface area contributed by atoms with Crippen LogP contribution in [-0.2, 0) is 11.3 Å². The van der Waals surface area contributed by atoms with Crippen molar-refractivity contribution >= 4 is 34.5 Å². The number of hydrogen-bond donors (Lipinski definition) is 1. The zero-order valence-corrected chi connectivity index (χ0v) is 13.2. The van der Waals surface area contributed by atoms with Crippen LogP contribution >= 0.6 is 11.6 Å². The fourth-order valence-electron chi connectivity index (χ4n) is 3.39. The summed E-state index contributed by atoms with van der Waals surface area (Å²) in [6, 6.07) is 7.88. The zero-order valence-electron chi connectivity index (χ0n) is 12.5. The van der Waals surface area contributed by atoms with Crippen molar-refractivity contribution in [2.75, 3.05) is 0 Å². The molecule has 4 heteroatoms. The highest BCUT2D eigenvalue weighted by atomic mass is 35.5. The van der Waals surface area contributed by atoms with Gasteiger partial charge in [-0.05, 0) is 49.1 Å². The summed E-state index contributed by atoms with van der Waals surface area (Å²) in [4.78, 5) is 10.8. The zero-order chi connectivity index (χ0) is 15.5. The molecule has 0 radical (unpaired) electrons. The van der Waals surface area contributed by atoms with Crippen LogP contribution in [0.2, 0.25) is 5.02 Å². The normalized spacial score (nSPS) is 16.6. The third kappa shape index (κ3) is 3.36. The molecule has 1 saturated carbocycles. The fourth-order valence-corrected chi connectivity index (χ4v) is 3.57. The smallest absolute Gasteiger partial charge is 0.328 e. The molecule has 0 spiro atoms. The van der Waals surface area contributed by atoms with Crippen molar-refractivity contribution in [2.45, 2.75) is 38.6 Å². The summed E-state index contributed by atoms with van der Waals surface area (Å²) in [7, 11) is 0. The van der Waals surface area contributed by atoms with Gasteiger partial charge in [0, 0.05) is 34.2 Å². The second kappa shape index (κ2) is 6.57. The number of carboxylic acid groups (broad SMARTS) is 1. The van der Waals surface area contributed by atoms with Gasteiger partial charge in [-0.15, -0.1) is 0 Å². The molecule has 1 aliphatic rings. The molecule has 0 unspecified atom stereocenters. The number of halogens is 1. The first-order chi connectivity index (χ1) is 10.6. The molecule has 1 N–H and O–H groups in total. The topological polar surface area (TPSA) is 42.2 Å². The molecule has 0 bridgehead atoms. The van der Waals surface area contributed by atoms with Gasteiger partial charge in [-0.25, -0.2) is 4.79 Å². The monoisotopic (exact) mass is 317 g/mol. The van der Waals surface area contributed by atoms with Crippen molar-refractivity contribution in [3.05, 3.63) is 41.1 Å². The molecule has 0 atom stereocenters. The van der Waals surface area contributed by atoms with Crippen molar-refractivity contribution in [3.8, 4) is 0 Å². The summed E-state index contributed by atoms with van der Waals surface area (Å²) >= 11 is 6.08. The van der Waals surface area contributed by atoms with E-state index in [1.807, 2.05) is 24.3 Å². The Bertz CT molecular complexity index is 711. The van der Waals surface area contributed by atoms with Gasteiger partial charge in [0.05, 0.1) is 0 Å². The molecule has 116 valence electrons. The van der Waals surface area contributed by atoms with Gasteiger partial charge >= 0.3 is 5.97 Å². The number of carboxylic acids is 1. The minimum atomic E-state index is -0.924. The van der Waals surface area contributed by atoms with E-state index in [-0.39, 0.29) is 0 Å². The minimum absolute atomic E-state index is 0.678. The Balaban J connectivity index is 1.99. The van der Waals surface area contributed by atoms with E-state index in [0.717, 1.165) is 23.1 Å². The molecular weight excluding hydrogens is 298 g/mol. The summed E-state index contributed by atoms with van der Waals surface area (Å²) < 4.78 is 2.24. The lowest BCUT2D eigenvalue weighted by Gasteiger charge is -2.23. The molecule has 0 aliphatic heterocycles. The first-order valence-corrected chi connectivity index (χ1v) is 8.21. The Morgan fingerprint density at radius 3 is 2.77 bits per heavy atom. The number of fused-ring (bicyclic) bond motifs is 1. The number of benzene rings is 1. The average Bonchev–Trinajstić information content (AvgIpc) is 2.83. The number of hydrogen-bond acceptors (Lipinski definition) is 1. The lowest BCUT2D eigenvalue weighted by Crippen LogP contribution is -2.14. The second-order valence-electron chi connectivity index (χ2n) is 6.06. The second-order valence-corrected chi connectivity index (χ2v) is 6.49. The Morgan fingerprint density at radius 2 is 2.05 bits per heavy atom. The summed E-state index contributed by atoms with van der Waals surface area (Å²) in [5.41, 5.74) is 2.06. The summed E-state index contributed by atoms with van der Waals surface area (Å²) in [5.74, 6) is -0.246. The number of aromatic nitrogens is 1. The van der Waals surface area contributed by atoms with Crippen LogP contribution in [-0.4, -0.2) is 15.6 Å². The number of carbonyl (C=O) groups is 1. The first kappa shape index (κ1) is 15.2. The highest BCUT2D eigenvalue weighted by Gasteiger charge is 2.16. The van der Waals surface area contributed by atoms with E-state index in [4.69, 9.17) is 16.7 Å². The molecule has 3 rings (SSSR count). The molecule has 3 nitrogen and oxygen atoms in total. The maximum Gasteiger partial charge on any atom is 0.328 e. The Hall–Kier alpha value is -1.74. The van der Waals surface area contributed by atoms with Gasteiger partial charge in [-0.1, -0.05) is 30.9 Å². The van der Waals surface area contributed by atoms with Gasteiger partial charge in [-0.2, -0.15) is 0 Å². The standard InChI is InChI=1S/C18H20ClNO2/c19-15-6-8-17-14(10-15)11-16(7-9-18(21)22)20(17)12-13-4-2-1-3-5-13/h6-11,13H,1-5,12H2,(H,21,22)/b9-7+. The molecule has 0 saturated heterocycles. The van der Waals surface area contributed by atoms with E-state index in [2.05, 4.69) is 4.57 Å². The molecular formula is C18H20ClNO2. The van der Waals surface area contributed by atoms with E-state index >= 15 is 0 Å². The minimum Gasteiger partial charge on any atom is -0.478 e. The number of aliphatic carboxylic acids is 1.